The van der Waals surface area contributed by atoms with Crippen molar-refractivity contribution in [3.63, 3.8) is 0 Å². The summed E-state index contributed by atoms with van der Waals surface area (Å²) in [4.78, 5) is 25.4. The third-order valence-corrected chi connectivity index (χ3v) is 3.89. The molecule has 122 valence electrons. The number of carbonyl (C=O) groups excluding carboxylic acids is 2. The highest BCUT2D eigenvalue weighted by atomic mass is 19.1. The number of halogens is 2. The minimum atomic E-state index is -1.02. The maximum atomic E-state index is 14.2. The number of aliphatic hydroxyl groups excluding tert-OH is 1. The topological polar surface area (TPSA) is 57.6 Å². The van der Waals surface area contributed by atoms with Crippen LogP contribution in [-0.2, 0) is 9.59 Å². The number of aliphatic hydroxyl groups is 1. The zero-order valence-electron chi connectivity index (χ0n) is 12.7. The first-order chi connectivity index (χ1) is 11.4. The molecule has 0 radical (unpaired) electrons. The third-order valence-electron chi connectivity index (χ3n) is 3.89. The Kier molecular flexibility index (Phi) is 3.89. The van der Waals surface area contributed by atoms with E-state index < -0.39 is 35.1 Å². The molecule has 1 heterocycles. The molecular formula is C18H13F2NO3. The maximum absolute atomic E-state index is 14.2. The van der Waals surface area contributed by atoms with E-state index >= 15 is 0 Å². The van der Waals surface area contributed by atoms with Gasteiger partial charge in [0.15, 0.2) is 11.5 Å². The maximum Gasteiger partial charge on any atom is 0.294 e. The number of benzene rings is 2. The predicted molar refractivity (Wildman–Crippen MR) is 83.4 cm³/mol. The molecule has 0 aromatic heterocycles. The minimum Gasteiger partial charge on any atom is -0.503 e. The van der Waals surface area contributed by atoms with Gasteiger partial charge in [-0.15, -0.1) is 0 Å². The first kappa shape index (κ1) is 15.9. The van der Waals surface area contributed by atoms with Crippen LogP contribution in [0.15, 0.2) is 59.9 Å². The standard InChI is InChI=1S/C18H13F2NO3/c1-10(22)15-16(11-6-8-12(19)9-7-11)21(18(24)17(15)23)14-5-3-2-4-13(14)20/h2-9,16,23H,1H3/t16-/m0/s1. The Labute approximate surface area is 136 Å². The smallest absolute Gasteiger partial charge is 0.294 e. The Morgan fingerprint density at radius 1 is 1.08 bits per heavy atom. The number of hydrogen-bond donors (Lipinski definition) is 1. The molecule has 3 rings (SSSR count). The summed E-state index contributed by atoms with van der Waals surface area (Å²) in [6.07, 6.45) is 0. The van der Waals surface area contributed by atoms with Crippen LogP contribution in [0.4, 0.5) is 14.5 Å². The zero-order valence-corrected chi connectivity index (χ0v) is 12.7. The summed E-state index contributed by atoms with van der Waals surface area (Å²) >= 11 is 0. The van der Waals surface area contributed by atoms with Crippen LogP contribution in [0.5, 0.6) is 0 Å². The Hall–Kier alpha value is -3.02. The van der Waals surface area contributed by atoms with E-state index in [0.29, 0.717) is 5.56 Å². The van der Waals surface area contributed by atoms with Crippen LogP contribution in [0.25, 0.3) is 0 Å². The summed E-state index contributed by atoms with van der Waals surface area (Å²) in [5.41, 5.74) is 0.178. The lowest BCUT2D eigenvalue weighted by Crippen LogP contribution is -2.31. The molecule has 0 unspecified atom stereocenters. The van der Waals surface area contributed by atoms with E-state index in [1.807, 2.05) is 0 Å². The monoisotopic (exact) mass is 329 g/mol. The summed E-state index contributed by atoms with van der Waals surface area (Å²) in [6, 6.07) is 9.66. The molecule has 1 aliphatic rings. The second-order valence-corrected chi connectivity index (χ2v) is 5.40. The highest BCUT2D eigenvalue weighted by molar-refractivity contribution is 6.16. The molecular weight excluding hydrogens is 316 g/mol. The quantitative estimate of drug-likeness (QED) is 0.938. The summed E-state index contributed by atoms with van der Waals surface area (Å²) in [5, 5.41) is 10.1. The number of nitrogens with zero attached hydrogens (tertiary/aromatic N) is 1. The average Bonchev–Trinajstić information content (AvgIpc) is 2.81. The number of Topliss-reactive ketones (excluding diaryl/α,β-unsaturated/α-hetero) is 1. The number of rotatable bonds is 3. The van der Waals surface area contributed by atoms with E-state index in [1.165, 1.54) is 55.5 Å². The number of anilines is 1. The van der Waals surface area contributed by atoms with Gasteiger partial charge in [0.2, 0.25) is 0 Å². The minimum absolute atomic E-state index is 0.0698. The largest absolute Gasteiger partial charge is 0.503 e. The molecule has 2 aromatic carbocycles. The lowest BCUT2D eigenvalue weighted by molar-refractivity contribution is -0.117. The lowest BCUT2D eigenvalue weighted by atomic mass is 9.96. The number of carbonyl (C=O) groups is 2. The molecule has 1 atom stereocenters. The Morgan fingerprint density at radius 3 is 2.29 bits per heavy atom. The van der Waals surface area contributed by atoms with E-state index in [4.69, 9.17) is 0 Å². The van der Waals surface area contributed by atoms with Gasteiger partial charge in [-0.05, 0) is 36.8 Å². The van der Waals surface area contributed by atoms with Crippen molar-refractivity contribution in [2.45, 2.75) is 13.0 Å². The zero-order chi connectivity index (χ0) is 17.4. The van der Waals surface area contributed by atoms with Crippen molar-refractivity contribution < 1.29 is 23.5 Å². The van der Waals surface area contributed by atoms with Gasteiger partial charge in [-0.2, -0.15) is 0 Å². The van der Waals surface area contributed by atoms with Gasteiger partial charge in [-0.25, -0.2) is 8.78 Å². The number of ketones is 1. The van der Waals surface area contributed by atoms with E-state index in [-0.39, 0.29) is 11.3 Å². The van der Waals surface area contributed by atoms with Crippen molar-refractivity contribution in [3.05, 3.63) is 77.1 Å². The number of amides is 1. The predicted octanol–water partition coefficient (Wildman–Crippen LogP) is 3.45. The van der Waals surface area contributed by atoms with Crippen LogP contribution < -0.4 is 4.90 Å². The molecule has 1 N–H and O–H groups in total. The number of para-hydroxylation sites is 1. The van der Waals surface area contributed by atoms with Crippen molar-refractivity contribution in [3.8, 4) is 0 Å². The SMILES string of the molecule is CC(=O)C1=C(O)C(=O)N(c2ccccc2F)[C@H]1c1ccc(F)cc1. The van der Waals surface area contributed by atoms with Crippen molar-refractivity contribution in [1.82, 2.24) is 0 Å². The Bertz CT molecular complexity index is 859. The van der Waals surface area contributed by atoms with Crippen molar-refractivity contribution in [2.75, 3.05) is 4.90 Å². The molecule has 6 heteroatoms. The molecule has 0 fully saturated rings. The van der Waals surface area contributed by atoms with E-state index in [9.17, 15) is 23.5 Å². The summed E-state index contributed by atoms with van der Waals surface area (Å²) in [7, 11) is 0. The van der Waals surface area contributed by atoms with Crippen LogP contribution in [-0.4, -0.2) is 16.8 Å². The molecule has 0 spiro atoms. The molecule has 0 saturated carbocycles. The molecule has 2 aromatic rings. The molecule has 1 aliphatic heterocycles. The molecule has 0 aliphatic carbocycles. The van der Waals surface area contributed by atoms with Crippen LogP contribution in [0.2, 0.25) is 0 Å². The van der Waals surface area contributed by atoms with E-state index in [1.54, 1.807) is 0 Å². The molecule has 0 bridgehead atoms. The summed E-state index contributed by atoms with van der Waals surface area (Å²) in [6.45, 7) is 1.21. The Balaban J connectivity index is 2.21. The fourth-order valence-electron chi connectivity index (χ4n) is 2.82. The van der Waals surface area contributed by atoms with E-state index in [2.05, 4.69) is 0 Å². The number of hydrogen-bond acceptors (Lipinski definition) is 3. The highest BCUT2D eigenvalue weighted by Gasteiger charge is 2.44. The van der Waals surface area contributed by atoms with Gasteiger partial charge in [0.25, 0.3) is 5.91 Å². The molecule has 24 heavy (non-hydrogen) atoms. The fourth-order valence-corrected chi connectivity index (χ4v) is 2.82. The molecule has 0 saturated heterocycles. The fraction of sp³-hybridized carbons (Fsp3) is 0.111. The van der Waals surface area contributed by atoms with Gasteiger partial charge in [0.05, 0.1) is 17.3 Å². The third kappa shape index (κ3) is 2.46. The van der Waals surface area contributed by atoms with E-state index in [0.717, 1.165) is 4.90 Å². The van der Waals surface area contributed by atoms with Crippen LogP contribution in [0.1, 0.15) is 18.5 Å². The van der Waals surface area contributed by atoms with Gasteiger partial charge >= 0.3 is 0 Å². The second-order valence-electron chi connectivity index (χ2n) is 5.40. The van der Waals surface area contributed by atoms with Crippen LogP contribution >= 0.6 is 0 Å². The van der Waals surface area contributed by atoms with Crippen molar-refractivity contribution >= 4 is 17.4 Å². The van der Waals surface area contributed by atoms with Gasteiger partial charge in [-0.3, -0.25) is 14.5 Å². The highest BCUT2D eigenvalue weighted by Crippen LogP contribution is 2.41. The van der Waals surface area contributed by atoms with Crippen molar-refractivity contribution in [2.24, 2.45) is 0 Å². The normalized spacial score (nSPS) is 17.5. The first-order valence-corrected chi connectivity index (χ1v) is 7.19. The van der Waals surface area contributed by atoms with Gasteiger partial charge in [0, 0.05) is 0 Å². The van der Waals surface area contributed by atoms with Crippen LogP contribution in [0, 0.1) is 11.6 Å². The Morgan fingerprint density at radius 2 is 1.71 bits per heavy atom. The summed E-state index contributed by atoms with van der Waals surface area (Å²) in [5.74, 6) is -3.28. The van der Waals surface area contributed by atoms with Gasteiger partial charge < -0.3 is 5.11 Å². The van der Waals surface area contributed by atoms with Crippen LogP contribution in [0.3, 0.4) is 0 Å². The second kappa shape index (κ2) is 5.88. The lowest BCUT2D eigenvalue weighted by Gasteiger charge is -2.27. The molecule has 4 nitrogen and oxygen atoms in total. The molecule has 1 amide bonds. The first-order valence-electron chi connectivity index (χ1n) is 7.19. The van der Waals surface area contributed by atoms with Crippen molar-refractivity contribution in [1.29, 1.82) is 0 Å². The van der Waals surface area contributed by atoms with Gasteiger partial charge in [0.1, 0.15) is 11.6 Å². The average molecular weight is 329 g/mol. The summed E-state index contributed by atoms with van der Waals surface area (Å²) < 4.78 is 27.4. The van der Waals surface area contributed by atoms with Gasteiger partial charge in [-0.1, -0.05) is 24.3 Å².